The molecule has 1 N–H and O–H groups in total. The fourth-order valence-corrected chi connectivity index (χ4v) is 3.94. The molecule has 2 rings (SSSR count). The van der Waals surface area contributed by atoms with Crippen LogP contribution in [0.25, 0.3) is 0 Å². The molecule has 0 aromatic carbocycles. The number of fused-ring (bicyclic) bond motifs is 1. The molecule has 3 unspecified atom stereocenters. The minimum absolute atomic E-state index is 0.0826. The van der Waals surface area contributed by atoms with Crippen molar-refractivity contribution < 1.29 is 29.0 Å². The quantitative estimate of drug-likeness (QED) is 0.598. The van der Waals surface area contributed by atoms with Gasteiger partial charge in [-0.1, -0.05) is 6.42 Å². The molecule has 3 atom stereocenters. The summed E-state index contributed by atoms with van der Waals surface area (Å²) >= 11 is 0. The monoisotopic (exact) mass is 313 g/mol. The van der Waals surface area contributed by atoms with Crippen molar-refractivity contribution in [2.45, 2.75) is 51.8 Å². The fraction of sp³-hybridized carbons (Fsp3) is 0.800. The van der Waals surface area contributed by atoms with Crippen molar-refractivity contribution in [2.24, 2.45) is 11.8 Å². The van der Waals surface area contributed by atoms with Gasteiger partial charge in [0.05, 0.1) is 13.2 Å². The van der Waals surface area contributed by atoms with Crippen LogP contribution in [0.4, 0.5) is 0 Å². The number of nitrogens with zero attached hydrogens (tertiary/aromatic N) is 1. The summed E-state index contributed by atoms with van der Waals surface area (Å²) in [6.07, 6.45) is 0.858. The van der Waals surface area contributed by atoms with E-state index in [1.165, 1.54) is 6.92 Å². The molecule has 2 aliphatic rings. The highest BCUT2D eigenvalue weighted by molar-refractivity contribution is 6.08. The number of amides is 1. The van der Waals surface area contributed by atoms with Crippen LogP contribution in [-0.2, 0) is 23.9 Å². The van der Waals surface area contributed by atoms with Crippen LogP contribution in [0.5, 0.6) is 0 Å². The van der Waals surface area contributed by atoms with E-state index in [0.717, 1.165) is 11.3 Å². The number of esters is 2. The Morgan fingerprint density at radius 1 is 1.14 bits per heavy atom. The van der Waals surface area contributed by atoms with E-state index in [1.54, 1.807) is 13.8 Å². The SMILES string of the molecule is CCOC(=O)C1(C(=O)OCC)C2CCCC2C(O)N1C(C)=O. The van der Waals surface area contributed by atoms with Crippen molar-refractivity contribution in [1.82, 2.24) is 4.90 Å². The summed E-state index contributed by atoms with van der Waals surface area (Å²) in [5, 5.41) is 10.5. The zero-order valence-corrected chi connectivity index (χ0v) is 13.2. The Morgan fingerprint density at radius 3 is 2.14 bits per heavy atom. The maximum Gasteiger partial charge on any atom is 0.344 e. The highest BCUT2D eigenvalue weighted by Crippen LogP contribution is 2.52. The van der Waals surface area contributed by atoms with Gasteiger partial charge in [-0.05, 0) is 26.7 Å². The van der Waals surface area contributed by atoms with E-state index < -0.39 is 35.5 Å². The highest BCUT2D eigenvalue weighted by Gasteiger charge is 2.70. The van der Waals surface area contributed by atoms with Crippen molar-refractivity contribution in [3.8, 4) is 0 Å². The number of ether oxygens (including phenoxy) is 2. The number of hydrogen-bond acceptors (Lipinski definition) is 6. The zero-order valence-electron chi connectivity index (χ0n) is 13.2. The summed E-state index contributed by atoms with van der Waals surface area (Å²) in [6, 6.07) is 0. The van der Waals surface area contributed by atoms with Crippen LogP contribution in [0.2, 0.25) is 0 Å². The van der Waals surface area contributed by atoms with Gasteiger partial charge in [0.15, 0.2) is 0 Å². The first kappa shape index (κ1) is 16.7. The Balaban J connectivity index is 2.57. The Bertz CT molecular complexity index is 459. The van der Waals surface area contributed by atoms with Crippen LogP contribution in [0, 0.1) is 11.8 Å². The summed E-state index contributed by atoms with van der Waals surface area (Å²) in [5.41, 5.74) is -1.86. The van der Waals surface area contributed by atoms with Crippen LogP contribution in [0.3, 0.4) is 0 Å². The van der Waals surface area contributed by atoms with Gasteiger partial charge in [-0.2, -0.15) is 0 Å². The van der Waals surface area contributed by atoms with Crippen LogP contribution in [-0.4, -0.2) is 52.8 Å². The maximum absolute atomic E-state index is 12.7. The lowest BCUT2D eigenvalue weighted by Gasteiger charge is -2.37. The summed E-state index contributed by atoms with van der Waals surface area (Å²) in [7, 11) is 0. The van der Waals surface area contributed by atoms with Crippen LogP contribution in [0.1, 0.15) is 40.0 Å². The lowest BCUT2D eigenvalue weighted by atomic mass is 9.80. The maximum atomic E-state index is 12.7. The highest BCUT2D eigenvalue weighted by atomic mass is 16.6. The minimum Gasteiger partial charge on any atom is -0.464 e. The largest absolute Gasteiger partial charge is 0.464 e. The minimum atomic E-state index is -1.86. The fourth-order valence-electron chi connectivity index (χ4n) is 3.94. The van der Waals surface area contributed by atoms with Gasteiger partial charge in [0.2, 0.25) is 11.4 Å². The number of aliphatic hydroxyl groups excluding tert-OH is 1. The van der Waals surface area contributed by atoms with Crippen LogP contribution >= 0.6 is 0 Å². The molecule has 1 aliphatic heterocycles. The van der Waals surface area contributed by atoms with E-state index in [-0.39, 0.29) is 19.1 Å². The normalized spacial score (nSPS) is 29.1. The van der Waals surface area contributed by atoms with E-state index >= 15 is 0 Å². The van der Waals surface area contributed by atoms with Crippen molar-refractivity contribution in [3.63, 3.8) is 0 Å². The Kier molecular flexibility index (Phi) is 4.75. The van der Waals surface area contributed by atoms with Gasteiger partial charge in [0.1, 0.15) is 6.23 Å². The standard InChI is InChI=1S/C15H23NO6/c1-4-21-13(19)15(14(20)22-5-2)11-8-6-7-10(11)12(18)16(15)9(3)17/h10-12,18H,4-8H2,1-3H3. The smallest absolute Gasteiger partial charge is 0.344 e. The molecule has 22 heavy (non-hydrogen) atoms. The third-order valence-corrected chi connectivity index (χ3v) is 4.65. The number of hydrogen-bond donors (Lipinski definition) is 1. The zero-order chi connectivity index (χ0) is 16.5. The van der Waals surface area contributed by atoms with E-state index in [4.69, 9.17) is 9.47 Å². The number of aliphatic hydroxyl groups is 1. The third kappa shape index (κ3) is 2.18. The van der Waals surface area contributed by atoms with Gasteiger partial charge in [-0.25, -0.2) is 9.59 Å². The van der Waals surface area contributed by atoms with Gasteiger partial charge in [-0.3, -0.25) is 9.69 Å². The lowest BCUT2D eigenvalue weighted by molar-refractivity contribution is -0.184. The van der Waals surface area contributed by atoms with Gasteiger partial charge in [-0.15, -0.1) is 0 Å². The number of likely N-dealkylation sites (tertiary alicyclic amines) is 1. The molecule has 1 saturated heterocycles. The van der Waals surface area contributed by atoms with Gasteiger partial charge in [0, 0.05) is 18.8 Å². The number of rotatable bonds is 4. The molecule has 0 radical (unpaired) electrons. The first-order valence-corrected chi connectivity index (χ1v) is 7.75. The van der Waals surface area contributed by atoms with Gasteiger partial charge < -0.3 is 14.6 Å². The van der Waals surface area contributed by atoms with Crippen LogP contribution in [0.15, 0.2) is 0 Å². The molecule has 124 valence electrons. The molecule has 0 spiro atoms. The molecule has 2 fully saturated rings. The predicted octanol–water partition coefficient (Wildman–Crippen LogP) is 0.448. The second-order valence-corrected chi connectivity index (χ2v) is 5.71. The lowest BCUT2D eigenvalue weighted by Crippen LogP contribution is -2.64. The molecule has 0 aromatic rings. The van der Waals surface area contributed by atoms with E-state index in [1.807, 2.05) is 0 Å². The van der Waals surface area contributed by atoms with E-state index in [9.17, 15) is 19.5 Å². The molecule has 1 aliphatic carbocycles. The third-order valence-electron chi connectivity index (χ3n) is 4.65. The Morgan fingerprint density at radius 2 is 1.68 bits per heavy atom. The van der Waals surface area contributed by atoms with Crippen molar-refractivity contribution in [3.05, 3.63) is 0 Å². The molecule has 0 aromatic heterocycles. The van der Waals surface area contributed by atoms with Crippen molar-refractivity contribution >= 4 is 17.8 Å². The molecule has 1 saturated carbocycles. The molecule has 1 heterocycles. The summed E-state index contributed by atoms with van der Waals surface area (Å²) in [5.74, 6) is -2.93. The predicted molar refractivity (Wildman–Crippen MR) is 75.4 cm³/mol. The summed E-state index contributed by atoms with van der Waals surface area (Å²) in [6.45, 7) is 4.66. The molecule has 0 bridgehead atoms. The number of carbonyl (C=O) groups is 3. The average Bonchev–Trinajstić information content (AvgIpc) is 3.00. The first-order valence-electron chi connectivity index (χ1n) is 7.75. The van der Waals surface area contributed by atoms with Crippen molar-refractivity contribution in [1.29, 1.82) is 0 Å². The summed E-state index contributed by atoms with van der Waals surface area (Å²) < 4.78 is 10.2. The van der Waals surface area contributed by atoms with Crippen molar-refractivity contribution in [2.75, 3.05) is 13.2 Å². The molecular formula is C15H23NO6. The topological polar surface area (TPSA) is 93.1 Å². The Labute approximate surface area is 129 Å². The second-order valence-electron chi connectivity index (χ2n) is 5.71. The van der Waals surface area contributed by atoms with Crippen LogP contribution < -0.4 is 0 Å². The number of carbonyl (C=O) groups excluding carboxylic acids is 3. The molecule has 7 nitrogen and oxygen atoms in total. The van der Waals surface area contributed by atoms with E-state index in [0.29, 0.717) is 12.8 Å². The van der Waals surface area contributed by atoms with E-state index in [2.05, 4.69) is 0 Å². The van der Waals surface area contributed by atoms with Gasteiger partial charge >= 0.3 is 11.9 Å². The molecular weight excluding hydrogens is 290 g/mol. The molecule has 7 heteroatoms. The Hall–Kier alpha value is -1.63. The van der Waals surface area contributed by atoms with Gasteiger partial charge in [0.25, 0.3) is 0 Å². The average molecular weight is 313 g/mol. The first-order chi connectivity index (χ1) is 10.4. The summed E-state index contributed by atoms with van der Waals surface area (Å²) in [4.78, 5) is 38.4. The second kappa shape index (κ2) is 6.24. The molecule has 1 amide bonds.